The van der Waals surface area contributed by atoms with Crippen molar-refractivity contribution >= 4 is 21.6 Å². The van der Waals surface area contributed by atoms with Gasteiger partial charge in [0.05, 0.1) is 29.8 Å². The lowest BCUT2D eigenvalue weighted by molar-refractivity contribution is -0.159. The summed E-state index contributed by atoms with van der Waals surface area (Å²) < 4.78 is 39.9. The maximum absolute atomic E-state index is 12.9. The van der Waals surface area contributed by atoms with Crippen molar-refractivity contribution < 1.29 is 22.7 Å². The Morgan fingerprint density at radius 3 is 2.43 bits per heavy atom. The highest BCUT2D eigenvalue weighted by molar-refractivity contribution is 7.89. The van der Waals surface area contributed by atoms with Gasteiger partial charge in [-0.25, -0.2) is 8.42 Å². The van der Waals surface area contributed by atoms with Crippen LogP contribution in [-0.2, 0) is 30.9 Å². The molecule has 0 saturated carbocycles. The Kier molecular flexibility index (Phi) is 8.26. The summed E-state index contributed by atoms with van der Waals surface area (Å²) in [5, 5.41) is 2.92. The fourth-order valence-electron chi connectivity index (χ4n) is 5.66. The van der Waals surface area contributed by atoms with Gasteiger partial charge in [-0.1, -0.05) is 36.8 Å². The third kappa shape index (κ3) is 6.23. The zero-order valence-corrected chi connectivity index (χ0v) is 22.1. The molecule has 8 nitrogen and oxygen atoms in total. The molecule has 2 atom stereocenters. The lowest BCUT2D eigenvalue weighted by Crippen LogP contribution is -2.57. The Bertz CT molecular complexity index is 1140. The molecule has 0 radical (unpaired) electrons. The maximum Gasteiger partial charge on any atom is 0.243 e. The predicted molar refractivity (Wildman–Crippen MR) is 142 cm³/mol. The van der Waals surface area contributed by atoms with Crippen molar-refractivity contribution in [2.75, 3.05) is 44.6 Å². The molecule has 3 aliphatic rings. The molecule has 37 heavy (non-hydrogen) atoms. The van der Waals surface area contributed by atoms with Crippen molar-refractivity contribution in [3.05, 3.63) is 60.2 Å². The van der Waals surface area contributed by atoms with Crippen molar-refractivity contribution in [3.63, 3.8) is 0 Å². The smallest absolute Gasteiger partial charge is 0.243 e. The fourth-order valence-corrected chi connectivity index (χ4v) is 7.18. The van der Waals surface area contributed by atoms with E-state index in [0.29, 0.717) is 31.9 Å². The number of rotatable bonds is 8. The lowest BCUT2D eigenvalue weighted by atomic mass is 9.85. The van der Waals surface area contributed by atoms with E-state index in [1.54, 1.807) is 28.6 Å². The van der Waals surface area contributed by atoms with Gasteiger partial charge in [0.15, 0.2) is 0 Å². The summed E-state index contributed by atoms with van der Waals surface area (Å²) in [6, 6.07) is 16.6. The number of sulfonamides is 1. The quantitative estimate of drug-likeness (QED) is 0.564. The third-order valence-corrected chi connectivity index (χ3v) is 9.66. The minimum atomic E-state index is -3.49. The Morgan fingerprint density at radius 1 is 0.973 bits per heavy atom. The Labute approximate surface area is 220 Å². The first-order valence-corrected chi connectivity index (χ1v) is 14.8. The first-order chi connectivity index (χ1) is 17.9. The summed E-state index contributed by atoms with van der Waals surface area (Å²) >= 11 is 0. The maximum atomic E-state index is 12.9. The molecule has 1 spiro atoms. The zero-order valence-electron chi connectivity index (χ0n) is 21.3. The minimum absolute atomic E-state index is 0.101. The van der Waals surface area contributed by atoms with Crippen LogP contribution in [0.5, 0.6) is 0 Å². The van der Waals surface area contributed by atoms with Gasteiger partial charge in [0.2, 0.25) is 15.9 Å². The molecule has 3 saturated heterocycles. The topological polar surface area (TPSA) is 88.2 Å². The number of carbonyl (C=O) groups is 1. The van der Waals surface area contributed by atoms with Crippen molar-refractivity contribution in [2.45, 2.75) is 61.7 Å². The standard InChI is InChI=1S/C28H37N3O5S/c32-27(29-24-10-12-25(13-11-24)37(33,34)31-16-5-2-6-17-31)21-30-18-15-28(14-7-19-36-28)26(20-30)35-22-23-8-3-1-4-9-23/h1,3-4,8-13,26H,2,5-7,14-22H2,(H,29,32). The molecule has 0 aliphatic carbocycles. The number of amides is 1. The number of benzene rings is 2. The van der Waals surface area contributed by atoms with Crippen molar-refractivity contribution in [1.29, 1.82) is 0 Å². The summed E-state index contributed by atoms with van der Waals surface area (Å²) in [6.45, 7) is 4.06. The van der Waals surface area contributed by atoms with Crippen LogP contribution in [0, 0.1) is 0 Å². The van der Waals surface area contributed by atoms with Gasteiger partial charge in [-0.15, -0.1) is 0 Å². The summed E-state index contributed by atoms with van der Waals surface area (Å²) in [7, 11) is -3.49. The highest BCUT2D eigenvalue weighted by atomic mass is 32.2. The third-order valence-electron chi connectivity index (χ3n) is 7.75. The van der Waals surface area contributed by atoms with Crippen LogP contribution in [0.4, 0.5) is 5.69 Å². The number of carbonyl (C=O) groups excluding carboxylic acids is 1. The second-order valence-electron chi connectivity index (χ2n) is 10.3. The molecule has 1 amide bonds. The molecule has 2 aromatic rings. The number of nitrogens with zero attached hydrogens (tertiary/aromatic N) is 2. The van der Waals surface area contributed by atoms with E-state index >= 15 is 0 Å². The molecular weight excluding hydrogens is 490 g/mol. The van der Waals surface area contributed by atoms with Gasteiger partial charge in [-0.2, -0.15) is 4.31 Å². The number of ether oxygens (including phenoxy) is 2. The number of nitrogens with one attached hydrogen (secondary N) is 1. The largest absolute Gasteiger partial charge is 0.372 e. The number of anilines is 1. The monoisotopic (exact) mass is 527 g/mol. The summed E-state index contributed by atoms with van der Waals surface area (Å²) in [5.41, 5.74) is 1.44. The summed E-state index contributed by atoms with van der Waals surface area (Å²) in [4.78, 5) is 15.2. The first-order valence-electron chi connectivity index (χ1n) is 13.4. The number of hydrogen-bond acceptors (Lipinski definition) is 6. The summed E-state index contributed by atoms with van der Waals surface area (Å²) in [5.74, 6) is -0.128. The molecule has 3 aliphatic heterocycles. The average molecular weight is 528 g/mol. The zero-order chi connectivity index (χ0) is 25.7. The van der Waals surface area contributed by atoms with E-state index in [1.807, 2.05) is 18.2 Å². The SMILES string of the molecule is O=C(CN1CCC2(CCCO2)C(OCc2ccccc2)C1)Nc1ccc(S(=O)(=O)N2CCCCC2)cc1. The lowest BCUT2D eigenvalue weighted by Gasteiger charge is -2.44. The molecule has 200 valence electrons. The Hall–Kier alpha value is -2.30. The van der Waals surface area contributed by atoms with Gasteiger partial charge < -0.3 is 14.8 Å². The highest BCUT2D eigenvalue weighted by Crippen LogP contribution is 2.38. The van der Waals surface area contributed by atoms with Crippen LogP contribution in [0.25, 0.3) is 0 Å². The van der Waals surface area contributed by atoms with Gasteiger partial charge in [-0.3, -0.25) is 9.69 Å². The van der Waals surface area contributed by atoms with Crippen LogP contribution in [0.3, 0.4) is 0 Å². The van der Waals surface area contributed by atoms with Crippen LogP contribution in [-0.4, -0.2) is 74.6 Å². The second-order valence-corrected chi connectivity index (χ2v) is 12.3. The molecule has 0 bridgehead atoms. The molecule has 5 rings (SSSR count). The van der Waals surface area contributed by atoms with Crippen molar-refractivity contribution in [3.8, 4) is 0 Å². The van der Waals surface area contributed by atoms with E-state index in [4.69, 9.17) is 9.47 Å². The van der Waals surface area contributed by atoms with Gasteiger partial charge in [0, 0.05) is 38.5 Å². The van der Waals surface area contributed by atoms with Crippen LogP contribution in [0.15, 0.2) is 59.5 Å². The second kappa shape index (κ2) is 11.6. The molecule has 1 N–H and O–H groups in total. The van der Waals surface area contributed by atoms with Crippen LogP contribution < -0.4 is 5.32 Å². The molecule has 3 heterocycles. The molecular formula is C28H37N3O5S. The van der Waals surface area contributed by atoms with Gasteiger partial charge in [0.1, 0.15) is 0 Å². The Morgan fingerprint density at radius 2 is 1.73 bits per heavy atom. The van der Waals surface area contributed by atoms with E-state index in [-0.39, 0.29) is 29.1 Å². The normalized spacial score (nSPS) is 25.4. The van der Waals surface area contributed by atoms with Crippen molar-refractivity contribution in [2.24, 2.45) is 0 Å². The molecule has 9 heteroatoms. The molecule has 3 fully saturated rings. The van der Waals surface area contributed by atoms with Crippen LogP contribution >= 0.6 is 0 Å². The van der Waals surface area contributed by atoms with E-state index in [1.165, 1.54) is 0 Å². The molecule has 0 aromatic heterocycles. The van der Waals surface area contributed by atoms with Gasteiger partial charge in [0.25, 0.3) is 0 Å². The predicted octanol–water partition coefficient (Wildman–Crippen LogP) is 3.64. The molecule has 2 unspecified atom stereocenters. The van der Waals surface area contributed by atoms with E-state index < -0.39 is 10.0 Å². The van der Waals surface area contributed by atoms with E-state index in [2.05, 4.69) is 22.3 Å². The van der Waals surface area contributed by atoms with Gasteiger partial charge in [-0.05, 0) is 61.9 Å². The van der Waals surface area contributed by atoms with Crippen LogP contribution in [0.2, 0.25) is 0 Å². The number of piperidine rings is 2. The fraction of sp³-hybridized carbons (Fsp3) is 0.536. The Balaban J connectivity index is 1.17. The van der Waals surface area contributed by atoms with E-state index in [0.717, 1.165) is 57.2 Å². The summed E-state index contributed by atoms with van der Waals surface area (Å²) in [6.07, 6.45) is 5.62. The highest BCUT2D eigenvalue weighted by Gasteiger charge is 2.47. The van der Waals surface area contributed by atoms with Crippen LogP contribution in [0.1, 0.15) is 44.1 Å². The van der Waals surface area contributed by atoms with Gasteiger partial charge >= 0.3 is 0 Å². The molecule has 2 aromatic carbocycles. The average Bonchev–Trinajstić information content (AvgIpc) is 3.40. The first kappa shape index (κ1) is 26.3. The number of hydrogen-bond donors (Lipinski definition) is 1. The minimum Gasteiger partial charge on any atom is -0.372 e. The number of likely N-dealkylation sites (tertiary alicyclic amines) is 1. The van der Waals surface area contributed by atoms with E-state index in [9.17, 15) is 13.2 Å². The van der Waals surface area contributed by atoms with Crippen molar-refractivity contribution in [1.82, 2.24) is 9.21 Å².